The lowest BCUT2D eigenvalue weighted by Crippen LogP contribution is -2.31. The maximum Gasteiger partial charge on any atom is 0.411 e. The van der Waals surface area contributed by atoms with Gasteiger partial charge in [0.25, 0.3) is 0 Å². The molecule has 0 saturated carbocycles. The zero-order valence-corrected chi connectivity index (χ0v) is 10.7. The summed E-state index contributed by atoms with van der Waals surface area (Å²) in [5, 5.41) is 4.04. The van der Waals surface area contributed by atoms with Crippen LogP contribution in [0.15, 0.2) is 4.99 Å². The molecule has 0 amide bonds. The summed E-state index contributed by atoms with van der Waals surface area (Å²) in [6.45, 7) is 3.29. The monoisotopic (exact) mass is 270 g/mol. The zero-order valence-electron chi connectivity index (χ0n) is 9.88. The van der Waals surface area contributed by atoms with Gasteiger partial charge in [-0.1, -0.05) is 25.6 Å². The highest BCUT2D eigenvalue weighted by Crippen LogP contribution is 2.19. The van der Waals surface area contributed by atoms with Crippen LogP contribution < -0.4 is 5.32 Å². The number of hydrogen-bond acceptors (Lipinski definition) is 3. The molecular formula is C10H17F3N2OS. The van der Waals surface area contributed by atoms with Gasteiger partial charge in [-0.25, -0.2) is 0 Å². The predicted molar refractivity (Wildman–Crippen MR) is 63.4 cm³/mol. The molecule has 0 unspecified atom stereocenters. The van der Waals surface area contributed by atoms with Crippen LogP contribution >= 0.6 is 11.8 Å². The third-order valence-corrected chi connectivity index (χ3v) is 3.32. The molecule has 0 radical (unpaired) electrons. The largest absolute Gasteiger partial charge is 0.411 e. The summed E-state index contributed by atoms with van der Waals surface area (Å²) in [6, 6.07) is 0.398. The quantitative estimate of drug-likeness (QED) is 0.778. The van der Waals surface area contributed by atoms with Crippen molar-refractivity contribution in [2.45, 2.75) is 26.1 Å². The van der Waals surface area contributed by atoms with Gasteiger partial charge in [0.2, 0.25) is 0 Å². The third-order valence-electron chi connectivity index (χ3n) is 2.27. The SMILES string of the molecule is CC(C)[C@H]1CSC(=NCCOCC(F)(F)F)N1. The molecule has 0 bridgehead atoms. The first kappa shape index (κ1) is 14.6. The Kier molecular flexibility index (Phi) is 5.58. The van der Waals surface area contributed by atoms with Crippen LogP contribution in [0.5, 0.6) is 0 Å². The Labute approximate surface area is 103 Å². The van der Waals surface area contributed by atoms with Gasteiger partial charge in [0.15, 0.2) is 5.17 Å². The number of ether oxygens (including phenoxy) is 1. The van der Waals surface area contributed by atoms with Crippen molar-refractivity contribution in [3.63, 3.8) is 0 Å². The van der Waals surface area contributed by atoms with Crippen molar-refractivity contribution in [1.82, 2.24) is 5.32 Å². The summed E-state index contributed by atoms with van der Waals surface area (Å²) in [5.41, 5.74) is 0. The van der Waals surface area contributed by atoms with E-state index in [1.165, 1.54) is 0 Å². The molecule has 0 aromatic rings. The molecule has 1 heterocycles. The molecule has 0 aromatic carbocycles. The molecule has 1 fully saturated rings. The fraction of sp³-hybridized carbons (Fsp3) is 0.900. The number of aliphatic imine (C=N–C) groups is 1. The van der Waals surface area contributed by atoms with Crippen LogP contribution in [0.3, 0.4) is 0 Å². The van der Waals surface area contributed by atoms with Crippen molar-refractivity contribution in [3.05, 3.63) is 0 Å². The molecule has 1 N–H and O–H groups in total. The molecule has 0 aliphatic carbocycles. The second-order valence-corrected chi connectivity index (χ2v) is 5.17. The van der Waals surface area contributed by atoms with Crippen LogP contribution in [-0.2, 0) is 4.74 Å². The Morgan fingerprint density at radius 1 is 1.53 bits per heavy atom. The third kappa shape index (κ3) is 6.16. The summed E-state index contributed by atoms with van der Waals surface area (Å²) < 4.78 is 39.7. The maximum atomic E-state index is 11.7. The van der Waals surface area contributed by atoms with Gasteiger partial charge in [-0.2, -0.15) is 13.2 Å². The molecular weight excluding hydrogens is 253 g/mol. The van der Waals surface area contributed by atoms with E-state index in [2.05, 4.69) is 28.9 Å². The Bertz CT molecular complexity index is 269. The Morgan fingerprint density at radius 3 is 2.76 bits per heavy atom. The van der Waals surface area contributed by atoms with E-state index < -0.39 is 12.8 Å². The second kappa shape index (κ2) is 6.49. The van der Waals surface area contributed by atoms with Gasteiger partial charge < -0.3 is 10.1 Å². The number of nitrogens with zero attached hydrogens (tertiary/aromatic N) is 1. The lowest BCUT2D eigenvalue weighted by Gasteiger charge is -2.13. The van der Waals surface area contributed by atoms with Gasteiger partial charge in [-0.3, -0.25) is 4.99 Å². The first-order valence-electron chi connectivity index (χ1n) is 5.47. The van der Waals surface area contributed by atoms with E-state index in [9.17, 15) is 13.2 Å². The number of nitrogens with one attached hydrogen (secondary N) is 1. The molecule has 0 spiro atoms. The Balaban J connectivity index is 2.14. The molecule has 1 rings (SSSR count). The van der Waals surface area contributed by atoms with Crippen LogP contribution in [0, 0.1) is 5.92 Å². The molecule has 17 heavy (non-hydrogen) atoms. The fourth-order valence-corrected chi connectivity index (χ4v) is 2.48. The number of hydrogen-bond donors (Lipinski definition) is 1. The van der Waals surface area contributed by atoms with Crippen LogP contribution in [0.2, 0.25) is 0 Å². The number of amidine groups is 1. The number of halogens is 3. The minimum Gasteiger partial charge on any atom is -0.370 e. The standard InChI is InChI=1S/C10H17F3N2OS/c1-7(2)8-5-17-9(15-8)14-3-4-16-6-10(11,12)13/h7-8H,3-6H2,1-2H3,(H,14,15)/t8-/m1/s1. The lowest BCUT2D eigenvalue weighted by molar-refractivity contribution is -0.173. The number of rotatable bonds is 5. The summed E-state index contributed by atoms with van der Waals surface area (Å²) in [5.74, 6) is 1.48. The topological polar surface area (TPSA) is 33.6 Å². The van der Waals surface area contributed by atoms with Gasteiger partial charge in [-0.05, 0) is 5.92 Å². The number of alkyl halides is 3. The van der Waals surface area contributed by atoms with E-state index in [1.807, 2.05) is 0 Å². The van der Waals surface area contributed by atoms with E-state index in [4.69, 9.17) is 0 Å². The fourth-order valence-electron chi connectivity index (χ4n) is 1.26. The van der Waals surface area contributed by atoms with E-state index in [0.29, 0.717) is 12.0 Å². The van der Waals surface area contributed by atoms with Gasteiger partial charge >= 0.3 is 6.18 Å². The molecule has 7 heteroatoms. The normalized spacial score (nSPS) is 23.4. The van der Waals surface area contributed by atoms with Gasteiger partial charge in [0.1, 0.15) is 6.61 Å². The van der Waals surface area contributed by atoms with Crippen molar-refractivity contribution in [2.24, 2.45) is 10.9 Å². The molecule has 1 aliphatic rings. The second-order valence-electron chi connectivity index (χ2n) is 4.16. The van der Waals surface area contributed by atoms with Gasteiger partial charge in [-0.15, -0.1) is 0 Å². The van der Waals surface area contributed by atoms with E-state index in [0.717, 1.165) is 10.9 Å². The average molecular weight is 270 g/mol. The Morgan fingerprint density at radius 2 is 2.24 bits per heavy atom. The first-order chi connectivity index (χ1) is 7.88. The van der Waals surface area contributed by atoms with Crippen molar-refractivity contribution in [3.8, 4) is 0 Å². The van der Waals surface area contributed by atoms with Crippen LogP contribution in [0.4, 0.5) is 13.2 Å². The zero-order chi connectivity index (χ0) is 12.9. The summed E-state index contributed by atoms with van der Waals surface area (Å²) in [6.07, 6.45) is -4.25. The molecule has 1 aliphatic heterocycles. The van der Waals surface area contributed by atoms with E-state index >= 15 is 0 Å². The first-order valence-corrected chi connectivity index (χ1v) is 6.45. The highest BCUT2D eigenvalue weighted by atomic mass is 32.2. The summed E-state index contributed by atoms with van der Waals surface area (Å²) >= 11 is 1.60. The van der Waals surface area contributed by atoms with Crippen molar-refractivity contribution < 1.29 is 17.9 Å². The van der Waals surface area contributed by atoms with E-state index in [-0.39, 0.29) is 13.2 Å². The maximum absolute atomic E-state index is 11.7. The van der Waals surface area contributed by atoms with Gasteiger partial charge in [0.05, 0.1) is 13.2 Å². The van der Waals surface area contributed by atoms with Gasteiger partial charge in [0, 0.05) is 11.8 Å². The van der Waals surface area contributed by atoms with E-state index in [1.54, 1.807) is 11.8 Å². The van der Waals surface area contributed by atoms with Crippen molar-refractivity contribution >= 4 is 16.9 Å². The molecule has 1 atom stereocenters. The number of thioether (sulfide) groups is 1. The molecule has 1 saturated heterocycles. The summed E-state index contributed by atoms with van der Waals surface area (Å²) in [7, 11) is 0. The minimum absolute atomic E-state index is 0.00239. The Hall–Kier alpha value is -0.430. The predicted octanol–water partition coefficient (Wildman–Crippen LogP) is 2.28. The minimum atomic E-state index is -4.25. The molecule has 0 aromatic heterocycles. The molecule has 100 valence electrons. The van der Waals surface area contributed by atoms with Crippen LogP contribution in [0.25, 0.3) is 0 Å². The highest BCUT2D eigenvalue weighted by molar-refractivity contribution is 8.14. The highest BCUT2D eigenvalue weighted by Gasteiger charge is 2.27. The van der Waals surface area contributed by atoms with Crippen molar-refractivity contribution in [1.29, 1.82) is 0 Å². The van der Waals surface area contributed by atoms with Crippen LogP contribution in [-0.4, -0.2) is 42.9 Å². The molecule has 3 nitrogen and oxygen atoms in total. The lowest BCUT2D eigenvalue weighted by atomic mass is 10.1. The van der Waals surface area contributed by atoms with Crippen molar-refractivity contribution in [2.75, 3.05) is 25.5 Å². The smallest absolute Gasteiger partial charge is 0.370 e. The summed E-state index contributed by atoms with van der Waals surface area (Å²) in [4.78, 5) is 4.15. The van der Waals surface area contributed by atoms with Crippen LogP contribution in [0.1, 0.15) is 13.8 Å². The average Bonchev–Trinajstić information content (AvgIpc) is 2.64.